The predicted molar refractivity (Wildman–Crippen MR) is 62.6 cm³/mol. The van der Waals surface area contributed by atoms with Crippen LogP contribution in [0.2, 0.25) is 0 Å². The molecule has 14 heavy (non-hydrogen) atoms. The van der Waals surface area contributed by atoms with Gasteiger partial charge in [0.05, 0.1) is 16.8 Å². The summed E-state index contributed by atoms with van der Waals surface area (Å²) < 4.78 is 5.90. The average molecular weight is 322 g/mol. The maximum Gasteiger partial charge on any atom is 0.346 e. The molecule has 0 aliphatic rings. The van der Waals surface area contributed by atoms with Crippen molar-refractivity contribution in [1.82, 2.24) is 4.98 Å². The van der Waals surface area contributed by atoms with E-state index >= 15 is 0 Å². The molecule has 1 aromatic carbocycles. The van der Waals surface area contributed by atoms with Gasteiger partial charge in [-0.15, -0.1) is 11.6 Å². The van der Waals surface area contributed by atoms with Crippen LogP contribution in [0.1, 0.15) is 5.89 Å². The Labute approximate surface area is 98.2 Å². The monoisotopic (exact) mass is 321 g/mol. The molecular weight excluding hydrogens is 316 g/mol. The molecule has 0 amide bonds. The Hall–Kier alpha value is -0.620. The van der Waals surface area contributed by atoms with Gasteiger partial charge in [0, 0.05) is 3.57 Å². The van der Waals surface area contributed by atoms with Crippen LogP contribution in [0.25, 0.3) is 10.9 Å². The SMILES string of the molecule is O=c1oc(CCl)nc2cc(I)ccc12. The average Bonchev–Trinajstić information content (AvgIpc) is 2.16. The first-order valence-electron chi connectivity index (χ1n) is 3.86. The van der Waals surface area contributed by atoms with Crippen molar-refractivity contribution in [1.29, 1.82) is 0 Å². The van der Waals surface area contributed by atoms with Gasteiger partial charge in [0.15, 0.2) is 0 Å². The minimum Gasteiger partial charge on any atom is -0.407 e. The van der Waals surface area contributed by atoms with Crippen molar-refractivity contribution in [2.45, 2.75) is 5.88 Å². The van der Waals surface area contributed by atoms with Crippen molar-refractivity contribution < 1.29 is 4.42 Å². The molecule has 0 fully saturated rings. The number of hydrogen-bond acceptors (Lipinski definition) is 3. The minimum absolute atomic E-state index is 0.108. The van der Waals surface area contributed by atoms with Crippen molar-refractivity contribution >= 4 is 45.1 Å². The van der Waals surface area contributed by atoms with Gasteiger partial charge in [0.1, 0.15) is 0 Å². The molecule has 2 aromatic rings. The second-order valence-corrected chi connectivity index (χ2v) is 4.20. The summed E-state index contributed by atoms with van der Waals surface area (Å²) >= 11 is 7.70. The number of rotatable bonds is 1. The predicted octanol–water partition coefficient (Wildman–Crippen LogP) is 2.53. The zero-order valence-electron chi connectivity index (χ0n) is 6.96. The summed E-state index contributed by atoms with van der Waals surface area (Å²) in [6.07, 6.45) is 0. The Morgan fingerprint density at radius 3 is 3.00 bits per heavy atom. The van der Waals surface area contributed by atoms with Gasteiger partial charge in [-0.2, -0.15) is 0 Å². The number of hydrogen-bond donors (Lipinski definition) is 0. The Balaban J connectivity index is 2.84. The normalized spacial score (nSPS) is 10.7. The molecule has 5 heteroatoms. The first-order valence-corrected chi connectivity index (χ1v) is 5.47. The standard InChI is InChI=1S/C9H5ClINO2/c10-4-8-12-7-3-5(11)1-2-6(7)9(13)14-8/h1-3H,4H2. The van der Waals surface area contributed by atoms with Gasteiger partial charge >= 0.3 is 5.63 Å². The van der Waals surface area contributed by atoms with E-state index in [1.807, 2.05) is 12.1 Å². The molecule has 0 bridgehead atoms. The highest BCUT2D eigenvalue weighted by Crippen LogP contribution is 2.13. The molecule has 3 nitrogen and oxygen atoms in total. The summed E-state index contributed by atoms with van der Waals surface area (Å²) in [6.45, 7) is 0. The molecule has 1 aromatic heterocycles. The fourth-order valence-corrected chi connectivity index (χ4v) is 1.74. The lowest BCUT2D eigenvalue weighted by Gasteiger charge is -1.98. The summed E-state index contributed by atoms with van der Waals surface area (Å²) in [5.74, 6) is 0.364. The fraction of sp³-hybridized carbons (Fsp3) is 0.111. The number of nitrogens with zero attached hydrogens (tertiary/aromatic N) is 1. The van der Waals surface area contributed by atoms with Gasteiger partial charge in [-0.25, -0.2) is 9.78 Å². The molecule has 0 saturated heterocycles. The van der Waals surface area contributed by atoms with Crippen molar-refractivity contribution in [3.05, 3.63) is 38.1 Å². The van der Waals surface area contributed by atoms with E-state index < -0.39 is 0 Å². The summed E-state index contributed by atoms with van der Waals surface area (Å²) in [6, 6.07) is 5.36. The third-order valence-electron chi connectivity index (χ3n) is 1.75. The highest BCUT2D eigenvalue weighted by atomic mass is 127. The highest BCUT2D eigenvalue weighted by Gasteiger charge is 2.05. The molecule has 0 spiro atoms. The zero-order chi connectivity index (χ0) is 10.1. The third-order valence-corrected chi connectivity index (χ3v) is 2.65. The van der Waals surface area contributed by atoms with Crippen LogP contribution in [0, 0.1) is 3.57 Å². The van der Waals surface area contributed by atoms with E-state index in [4.69, 9.17) is 16.0 Å². The zero-order valence-corrected chi connectivity index (χ0v) is 9.87. The largest absolute Gasteiger partial charge is 0.407 e. The highest BCUT2D eigenvalue weighted by molar-refractivity contribution is 14.1. The number of alkyl halides is 1. The summed E-state index contributed by atoms with van der Waals surface area (Å²) in [5, 5.41) is 0.485. The van der Waals surface area contributed by atoms with Crippen LogP contribution in [0.15, 0.2) is 27.4 Å². The van der Waals surface area contributed by atoms with Crippen LogP contribution >= 0.6 is 34.2 Å². The van der Waals surface area contributed by atoms with E-state index in [1.165, 1.54) is 0 Å². The van der Waals surface area contributed by atoms with Crippen molar-refractivity contribution in [2.24, 2.45) is 0 Å². The number of halogens is 2. The number of fused-ring (bicyclic) bond motifs is 1. The van der Waals surface area contributed by atoms with Gasteiger partial charge in [-0.3, -0.25) is 0 Å². The summed E-state index contributed by atoms with van der Waals surface area (Å²) in [4.78, 5) is 15.5. The molecule has 0 atom stereocenters. The first kappa shape index (κ1) is 9.92. The van der Waals surface area contributed by atoms with Gasteiger partial charge < -0.3 is 4.42 Å². The van der Waals surface area contributed by atoms with E-state index in [2.05, 4.69) is 27.6 Å². The Morgan fingerprint density at radius 1 is 1.50 bits per heavy atom. The molecular formula is C9H5ClINO2. The quantitative estimate of drug-likeness (QED) is 0.599. The van der Waals surface area contributed by atoms with Crippen LogP contribution in [0.3, 0.4) is 0 Å². The number of benzene rings is 1. The van der Waals surface area contributed by atoms with Crippen LogP contribution in [-0.2, 0) is 5.88 Å². The van der Waals surface area contributed by atoms with Gasteiger partial charge in [0.25, 0.3) is 0 Å². The minimum atomic E-state index is -0.387. The molecule has 0 N–H and O–H groups in total. The van der Waals surface area contributed by atoms with Crippen molar-refractivity contribution in [2.75, 3.05) is 0 Å². The van der Waals surface area contributed by atoms with Crippen LogP contribution < -0.4 is 5.63 Å². The van der Waals surface area contributed by atoms with E-state index in [0.717, 1.165) is 3.57 Å². The van der Waals surface area contributed by atoms with Crippen LogP contribution in [0.4, 0.5) is 0 Å². The fourth-order valence-electron chi connectivity index (χ4n) is 1.15. The third kappa shape index (κ3) is 1.76. The number of aromatic nitrogens is 1. The van der Waals surface area contributed by atoms with Crippen LogP contribution in [-0.4, -0.2) is 4.98 Å². The van der Waals surface area contributed by atoms with Gasteiger partial charge in [-0.05, 0) is 40.8 Å². The van der Waals surface area contributed by atoms with Crippen molar-refractivity contribution in [3.8, 4) is 0 Å². The molecule has 0 aliphatic carbocycles. The van der Waals surface area contributed by atoms with E-state index in [-0.39, 0.29) is 17.4 Å². The lowest BCUT2D eigenvalue weighted by molar-refractivity contribution is 0.462. The van der Waals surface area contributed by atoms with E-state index in [9.17, 15) is 4.79 Å². The molecule has 0 unspecified atom stereocenters. The molecule has 2 rings (SSSR count). The second-order valence-electron chi connectivity index (χ2n) is 2.69. The maximum absolute atomic E-state index is 11.4. The molecule has 0 saturated carbocycles. The second kappa shape index (κ2) is 3.86. The smallest absolute Gasteiger partial charge is 0.346 e. The van der Waals surface area contributed by atoms with E-state index in [0.29, 0.717) is 10.9 Å². The Morgan fingerprint density at radius 2 is 2.29 bits per heavy atom. The Bertz CT molecular complexity index is 538. The molecule has 0 aliphatic heterocycles. The summed E-state index contributed by atoms with van der Waals surface area (Å²) in [7, 11) is 0. The Kier molecular flexibility index (Phi) is 2.73. The lowest BCUT2D eigenvalue weighted by atomic mass is 10.2. The molecule has 0 radical (unpaired) electrons. The van der Waals surface area contributed by atoms with Gasteiger partial charge in [0.2, 0.25) is 5.89 Å². The van der Waals surface area contributed by atoms with Crippen LogP contribution in [0.5, 0.6) is 0 Å². The molecule has 1 heterocycles. The van der Waals surface area contributed by atoms with Crippen molar-refractivity contribution in [3.63, 3.8) is 0 Å². The maximum atomic E-state index is 11.4. The first-order chi connectivity index (χ1) is 6.70. The van der Waals surface area contributed by atoms with Gasteiger partial charge in [-0.1, -0.05) is 0 Å². The summed E-state index contributed by atoms with van der Waals surface area (Å²) in [5.41, 5.74) is 0.242. The lowest BCUT2D eigenvalue weighted by Crippen LogP contribution is -2.04. The topological polar surface area (TPSA) is 43.1 Å². The van der Waals surface area contributed by atoms with E-state index in [1.54, 1.807) is 6.07 Å². The molecule has 72 valence electrons.